The third-order valence-electron chi connectivity index (χ3n) is 1.77. The second-order valence-electron chi connectivity index (χ2n) is 2.85. The van der Waals surface area contributed by atoms with E-state index in [1.165, 1.54) is 13.2 Å². The number of ether oxygens (including phenoxy) is 1. The fourth-order valence-electron chi connectivity index (χ4n) is 1.07. The van der Waals surface area contributed by atoms with Gasteiger partial charge in [-0.25, -0.2) is 13.2 Å². The molecule has 3 N–H and O–H groups in total. The molecule has 0 aromatic heterocycles. The van der Waals surface area contributed by atoms with Gasteiger partial charge in [-0.2, -0.15) is 0 Å². The van der Waals surface area contributed by atoms with Gasteiger partial charge in [0.05, 0.1) is 25.0 Å². The summed E-state index contributed by atoms with van der Waals surface area (Å²) >= 11 is 0. The molecule has 0 fully saturated rings. The minimum absolute atomic E-state index is 0.0408. The molecule has 0 spiro atoms. The summed E-state index contributed by atoms with van der Waals surface area (Å²) in [6.45, 7) is -0.543. The van der Waals surface area contributed by atoms with Gasteiger partial charge < -0.3 is 15.8 Å². The molecule has 0 unspecified atom stereocenters. The number of anilines is 2. The lowest BCUT2D eigenvalue weighted by Gasteiger charge is -2.11. The molecule has 0 heterocycles. The van der Waals surface area contributed by atoms with Crippen molar-refractivity contribution < 1.29 is 17.9 Å². The molecule has 84 valence electrons. The molecule has 0 saturated heterocycles. The van der Waals surface area contributed by atoms with E-state index in [2.05, 4.69) is 10.1 Å². The molecule has 0 aliphatic carbocycles. The standard InChI is InChI=1S/C9H11F3N2O/c1-15-8-3-7(14-4-9(11)12)6(13)2-5(8)10/h2-3,9,14H,4,13H2,1H3. The Kier molecular flexibility index (Phi) is 3.65. The van der Waals surface area contributed by atoms with E-state index in [9.17, 15) is 13.2 Å². The maximum atomic E-state index is 13.0. The van der Waals surface area contributed by atoms with Crippen LogP contribution >= 0.6 is 0 Å². The van der Waals surface area contributed by atoms with Crippen LogP contribution in [0.25, 0.3) is 0 Å². The molecule has 0 amide bonds. The van der Waals surface area contributed by atoms with Gasteiger partial charge >= 0.3 is 0 Å². The Morgan fingerprint density at radius 3 is 2.67 bits per heavy atom. The SMILES string of the molecule is COc1cc(NCC(F)F)c(N)cc1F. The number of nitrogens with two attached hydrogens (primary N) is 1. The minimum atomic E-state index is -2.50. The first-order valence-electron chi connectivity index (χ1n) is 4.19. The zero-order chi connectivity index (χ0) is 11.4. The van der Waals surface area contributed by atoms with Crippen molar-refractivity contribution in [3.63, 3.8) is 0 Å². The van der Waals surface area contributed by atoms with Gasteiger partial charge in [0.2, 0.25) is 0 Å². The van der Waals surface area contributed by atoms with Crippen molar-refractivity contribution in [1.82, 2.24) is 0 Å². The van der Waals surface area contributed by atoms with Crippen LogP contribution < -0.4 is 15.8 Å². The molecule has 1 aromatic carbocycles. The van der Waals surface area contributed by atoms with Gasteiger partial charge in [-0.15, -0.1) is 0 Å². The molecular formula is C9H11F3N2O. The maximum absolute atomic E-state index is 13.0. The molecule has 0 aliphatic rings. The number of hydrogen-bond acceptors (Lipinski definition) is 3. The van der Waals surface area contributed by atoms with Crippen LogP contribution in [-0.4, -0.2) is 20.1 Å². The van der Waals surface area contributed by atoms with E-state index in [-0.39, 0.29) is 17.1 Å². The predicted molar refractivity (Wildman–Crippen MR) is 51.9 cm³/mol. The molecule has 0 atom stereocenters. The molecule has 3 nitrogen and oxygen atoms in total. The van der Waals surface area contributed by atoms with Crippen LogP contribution in [0.4, 0.5) is 24.5 Å². The zero-order valence-corrected chi connectivity index (χ0v) is 8.06. The Morgan fingerprint density at radius 2 is 2.13 bits per heavy atom. The van der Waals surface area contributed by atoms with Crippen LogP contribution in [0.1, 0.15) is 0 Å². The van der Waals surface area contributed by atoms with E-state index in [0.717, 1.165) is 6.07 Å². The summed E-state index contributed by atoms with van der Waals surface area (Å²) in [5.41, 5.74) is 5.72. The van der Waals surface area contributed by atoms with Crippen LogP contribution in [0.15, 0.2) is 12.1 Å². The molecule has 0 radical (unpaired) electrons. The lowest BCUT2D eigenvalue weighted by Crippen LogP contribution is -2.11. The predicted octanol–water partition coefficient (Wildman–Crippen LogP) is 2.09. The molecular weight excluding hydrogens is 209 g/mol. The number of halogens is 3. The van der Waals surface area contributed by atoms with Crippen LogP contribution in [0.5, 0.6) is 5.75 Å². The van der Waals surface area contributed by atoms with Gasteiger partial charge in [0.15, 0.2) is 11.6 Å². The molecule has 15 heavy (non-hydrogen) atoms. The number of methoxy groups -OCH3 is 1. The summed E-state index contributed by atoms with van der Waals surface area (Å²) in [4.78, 5) is 0. The number of nitrogen functional groups attached to an aromatic ring is 1. The number of alkyl halides is 2. The van der Waals surface area contributed by atoms with Crippen molar-refractivity contribution in [3.05, 3.63) is 17.9 Å². The van der Waals surface area contributed by atoms with Crippen molar-refractivity contribution in [1.29, 1.82) is 0 Å². The number of rotatable bonds is 4. The monoisotopic (exact) mass is 220 g/mol. The molecule has 6 heteroatoms. The number of hydrogen-bond donors (Lipinski definition) is 2. The highest BCUT2D eigenvalue weighted by molar-refractivity contribution is 5.68. The van der Waals surface area contributed by atoms with Crippen molar-refractivity contribution in [3.8, 4) is 5.75 Å². The van der Waals surface area contributed by atoms with E-state index in [1.54, 1.807) is 0 Å². The Morgan fingerprint density at radius 1 is 1.47 bits per heavy atom. The highest BCUT2D eigenvalue weighted by Crippen LogP contribution is 2.27. The Labute approximate surface area is 85.0 Å². The minimum Gasteiger partial charge on any atom is -0.494 e. The third kappa shape index (κ3) is 2.93. The van der Waals surface area contributed by atoms with E-state index in [0.29, 0.717) is 0 Å². The lowest BCUT2D eigenvalue weighted by atomic mass is 10.2. The van der Waals surface area contributed by atoms with Gasteiger partial charge in [0, 0.05) is 12.1 Å². The maximum Gasteiger partial charge on any atom is 0.255 e. The largest absolute Gasteiger partial charge is 0.494 e. The first-order valence-corrected chi connectivity index (χ1v) is 4.19. The highest BCUT2D eigenvalue weighted by atomic mass is 19.3. The summed E-state index contributed by atoms with van der Waals surface area (Å²) in [6.07, 6.45) is -2.50. The van der Waals surface area contributed by atoms with E-state index < -0.39 is 18.8 Å². The Hall–Kier alpha value is -1.59. The summed E-state index contributed by atoms with van der Waals surface area (Å²) in [5, 5.41) is 2.39. The van der Waals surface area contributed by atoms with Gasteiger partial charge in [0.25, 0.3) is 6.43 Å². The van der Waals surface area contributed by atoms with Crippen LogP contribution in [0, 0.1) is 5.82 Å². The van der Waals surface area contributed by atoms with E-state index in [1.807, 2.05) is 0 Å². The number of benzene rings is 1. The average molecular weight is 220 g/mol. The Balaban J connectivity index is 2.87. The average Bonchev–Trinajstić information content (AvgIpc) is 2.16. The quantitative estimate of drug-likeness (QED) is 0.764. The van der Waals surface area contributed by atoms with Crippen molar-refractivity contribution in [2.45, 2.75) is 6.43 Å². The molecule has 0 bridgehead atoms. The van der Waals surface area contributed by atoms with Gasteiger partial charge in [-0.1, -0.05) is 0 Å². The Bertz CT molecular complexity index is 344. The van der Waals surface area contributed by atoms with Crippen LogP contribution in [-0.2, 0) is 0 Å². The molecule has 1 rings (SSSR count). The van der Waals surface area contributed by atoms with Gasteiger partial charge in [-0.3, -0.25) is 0 Å². The topological polar surface area (TPSA) is 47.3 Å². The van der Waals surface area contributed by atoms with Crippen LogP contribution in [0.2, 0.25) is 0 Å². The summed E-state index contributed by atoms with van der Waals surface area (Å²) < 4.78 is 41.5. The summed E-state index contributed by atoms with van der Waals surface area (Å²) in [5.74, 6) is -0.668. The second-order valence-corrected chi connectivity index (χ2v) is 2.85. The van der Waals surface area contributed by atoms with Gasteiger partial charge in [0.1, 0.15) is 0 Å². The summed E-state index contributed by atoms with van der Waals surface area (Å²) in [7, 11) is 1.28. The van der Waals surface area contributed by atoms with E-state index in [4.69, 9.17) is 5.73 Å². The van der Waals surface area contributed by atoms with Crippen molar-refractivity contribution >= 4 is 11.4 Å². The van der Waals surface area contributed by atoms with Gasteiger partial charge in [-0.05, 0) is 0 Å². The first kappa shape index (κ1) is 11.5. The zero-order valence-electron chi connectivity index (χ0n) is 8.06. The molecule has 0 aliphatic heterocycles. The third-order valence-corrected chi connectivity index (χ3v) is 1.77. The fourth-order valence-corrected chi connectivity index (χ4v) is 1.07. The molecule has 0 saturated carbocycles. The first-order chi connectivity index (χ1) is 7.04. The number of nitrogens with one attached hydrogen (secondary N) is 1. The van der Waals surface area contributed by atoms with Crippen molar-refractivity contribution in [2.24, 2.45) is 0 Å². The van der Waals surface area contributed by atoms with Crippen molar-refractivity contribution in [2.75, 3.05) is 24.7 Å². The lowest BCUT2D eigenvalue weighted by molar-refractivity contribution is 0.163. The summed E-state index contributed by atoms with van der Waals surface area (Å²) in [6, 6.07) is 2.26. The van der Waals surface area contributed by atoms with Crippen LogP contribution in [0.3, 0.4) is 0 Å². The fraction of sp³-hybridized carbons (Fsp3) is 0.333. The smallest absolute Gasteiger partial charge is 0.255 e. The molecule has 1 aromatic rings. The van der Waals surface area contributed by atoms with E-state index >= 15 is 0 Å². The second kappa shape index (κ2) is 4.77. The normalized spacial score (nSPS) is 10.5. The highest BCUT2D eigenvalue weighted by Gasteiger charge is 2.09.